The van der Waals surface area contributed by atoms with Gasteiger partial charge in [-0.25, -0.2) is 0 Å². The Labute approximate surface area is 169 Å². The molecule has 0 unspecified atom stereocenters. The molecule has 1 aliphatic heterocycles. The summed E-state index contributed by atoms with van der Waals surface area (Å²) < 4.78 is 12.0. The molecule has 0 aromatic heterocycles. The second-order valence-electron chi connectivity index (χ2n) is 5.38. The number of methoxy groups -OCH3 is 1. The Morgan fingerprint density at radius 3 is 2.46 bits per heavy atom. The standard InChI is InChI=1S/C19H16INO4S/c1-24-15-4-2-3-5-16(15)25-11-10-21-18(22)17(26-19(21)23)12-13-6-8-14(20)9-7-13/h2-9,12H,10-11H2,1H3/b17-12-. The molecule has 7 heteroatoms. The number of benzene rings is 2. The third kappa shape index (κ3) is 4.39. The molecule has 134 valence electrons. The maximum Gasteiger partial charge on any atom is 0.293 e. The van der Waals surface area contributed by atoms with Crippen LogP contribution >= 0.6 is 34.4 Å². The predicted octanol–water partition coefficient (Wildman–Crippen LogP) is 4.42. The number of hydrogen-bond acceptors (Lipinski definition) is 5. The Balaban J connectivity index is 1.63. The molecule has 2 amide bonds. The Morgan fingerprint density at radius 1 is 1.08 bits per heavy atom. The Morgan fingerprint density at radius 2 is 1.77 bits per heavy atom. The Hall–Kier alpha value is -2.00. The van der Waals surface area contributed by atoms with E-state index in [4.69, 9.17) is 9.47 Å². The van der Waals surface area contributed by atoms with Crippen molar-refractivity contribution in [2.45, 2.75) is 0 Å². The van der Waals surface area contributed by atoms with E-state index in [0.717, 1.165) is 20.9 Å². The lowest BCUT2D eigenvalue weighted by atomic mass is 10.2. The Bertz CT molecular complexity index is 851. The van der Waals surface area contributed by atoms with E-state index >= 15 is 0 Å². The van der Waals surface area contributed by atoms with Gasteiger partial charge in [-0.2, -0.15) is 0 Å². The smallest absolute Gasteiger partial charge is 0.293 e. The summed E-state index contributed by atoms with van der Waals surface area (Å²) in [7, 11) is 1.56. The van der Waals surface area contributed by atoms with Crippen molar-refractivity contribution in [1.82, 2.24) is 4.90 Å². The van der Waals surface area contributed by atoms with E-state index in [1.807, 2.05) is 36.4 Å². The van der Waals surface area contributed by atoms with Crippen molar-refractivity contribution in [3.8, 4) is 11.5 Å². The molecule has 0 saturated carbocycles. The molecule has 1 aliphatic rings. The van der Waals surface area contributed by atoms with Crippen molar-refractivity contribution in [3.63, 3.8) is 0 Å². The van der Waals surface area contributed by atoms with Gasteiger partial charge in [-0.1, -0.05) is 24.3 Å². The van der Waals surface area contributed by atoms with Crippen molar-refractivity contribution in [3.05, 3.63) is 62.6 Å². The van der Waals surface area contributed by atoms with Crippen molar-refractivity contribution >= 4 is 51.6 Å². The number of imide groups is 1. The molecule has 3 rings (SSSR count). The number of nitrogens with zero attached hydrogens (tertiary/aromatic N) is 1. The fourth-order valence-electron chi connectivity index (χ4n) is 2.39. The first-order valence-corrected chi connectivity index (χ1v) is 9.75. The van der Waals surface area contributed by atoms with Gasteiger partial charge in [0.15, 0.2) is 11.5 Å². The third-order valence-corrected chi connectivity index (χ3v) is 5.31. The molecule has 0 aliphatic carbocycles. The zero-order chi connectivity index (χ0) is 18.5. The quantitative estimate of drug-likeness (QED) is 0.452. The highest BCUT2D eigenvalue weighted by Crippen LogP contribution is 2.32. The van der Waals surface area contributed by atoms with Crippen LogP contribution in [0.4, 0.5) is 4.79 Å². The molecular weight excluding hydrogens is 465 g/mol. The van der Waals surface area contributed by atoms with Gasteiger partial charge < -0.3 is 9.47 Å². The number of amides is 2. The largest absolute Gasteiger partial charge is 0.493 e. The molecule has 0 atom stereocenters. The normalized spacial score (nSPS) is 15.6. The number of hydrogen-bond donors (Lipinski definition) is 0. The average Bonchev–Trinajstić information content (AvgIpc) is 2.91. The van der Waals surface area contributed by atoms with Crippen LogP contribution < -0.4 is 9.47 Å². The second-order valence-corrected chi connectivity index (χ2v) is 7.62. The van der Waals surface area contributed by atoms with Crippen LogP contribution in [-0.4, -0.2) is 36.3 Å². The molecule has 26 heavy (non-hydrogen) atoms. The van der Waals surface area contributed by atoms with Crippen LogP contribution in [0.1, 0.15) is 5.56 Å². The van der Waals surface area contributed by atoms with E-state index in [1.165, 1.54) is 4.90 Å². The van der Waals surface area contributed by atoms with Crippen molar-refractivity contribution < 1.29 is 19.1 Å². The van der Waals surface area contributed by atoms with Gasteiger partial charge in [0.2, 0.25) is 0 Å². The fraction of sp³-hybridized carbons (Fsp3) is 0.158. The van der Waals surface area contributed by atoms with Crippen molar-refractivity contribution in [1.29, 1.82) is 0 Å². The van der Waals surface area contributed by atoms with Crippen molar-refractivity contribution in [2.75, 3.05) is 20.3 Å². The number of carbonyl (C=O) groups excluding carboxylic acids is 2. The molecule has 0 radical (unpaired) electrons. The van der Waals surface area contributed by atoms with Gasteiger partial charge in [0.25, 0.3) is 11.1 Å². The molecular formula is C19H16INO4S. The monoisotopic (exact) mass is 481 g/mol. The summed E-state index contributed by atoms with van der Waals surface area (Å²) >= 11 is 3.17. The highest BCUT2D eigenvalue weighted by Gasteiger charge is 2.34. The molecule has 0 spiro atoms. The van der Waals surface area contributed by atoms with Gasteiger partial charge in [-0.05, 0) is 70.3 Å². The maximum atomic E-state index is 12.5. The third-order valence-electron chi connectivity index (χ3n) is 3.68. The first kappa shape index (κ1) is 18.8. The van der Waals surface area contributed by atoms with Gasteiger partial charge in [0.05, 0.1) is 18.6 Å². The number of ether oxygens (including phenoxy) is 2. The topological polar surface area (TPSA) is 55.8 Å². The summed E-state index contributed by atoms with van der Waals surface area (Å²) in [5, 5.41) is -0.282. The van der Waals surface area contributed by atoms with E-state index in [2.05, 4.69) is 22.6 Å². The average molecular weight is 481 g/mol. The van der Waals surface area contributed by atoms with Gasteiger partial charge in [-0.15, -0.1) is 0 Å². The van der Waals surface area contributed by atoms with Gasteiger partial charge in [-0.3, -0.25) is 14.5 Å². The molecule has 1 heterocycles. The Kier molecular flexibility index (Phi) is 6.20. The van der Waals surface area contributed by atoms with E-state index in [9.17, 15) is 9.59 Å². The molecule has 0 N–H and O–H groups in total. The number of halogens is 1. The highest BCUT2D eigenvalue weighted by molar-refractivity contribution is 14.1. The van der Waals surface area contributed by atoms with Crippen LogP contribution in [0, 0.1) is 3.57 Å². The zero-order valence-corrected chi connectivity index (χ0v) is 17.0. The maximum absolute atomic E-state index is 12.5. The van der Waals surface area contributed by atoms with Gasteiger partial charge >= 0.3 is 0 Å². The lowest BCUT2D eigenvalue weighted by Crippen LogP contribution is -2.32. The van der Waals surface area contributed by atoms with E-state index in [0.29, 0.717) is 16.4 Å². The summed E-state index contributed by atoms with van der Waals surface area (Å²) in [5.41, 5.74) is 0.890. The summed E-state index contributed by atoms with van der Waals surface area (Å²) in [5.74, 6) is 0.902. The van der Waals surface area contributed by atoms with E-state index in [-0.39, 0.29) is 24.3 Å². The first-order valence-electron chi connectivity index (χ1n) is 7.85. The van der Waals surface area contributed by atoms with Crippen LogP contribution in [-0.2, 0) is 4.79 Å². The van der Waals surface area contributed by atoms with Gasteiger partial charge in [0.1, 0.15) is 6.61 Å². The van der Waals surface area contributed by atoms with Crippen LogP contribution in [0.3, 0.4) is 0 Å². The van der Waals surface area contributed by atoms with E-state index in [1.54, 1.807) is 25.3 Å². The van der Waals surface area contributed by atoms with Crippen molar-refractivity contribution in [2.24, 2.45) is 0 Å². The predicted molar refractivity (Wildman–Crippen MR) is 110 cm³/mol. The summed E-state index contributed by atoms with van der Waals surface area (Å²) in [6.45, 7) is 0.391. The van der Waals surface area contributed by atoms with E-state index < -0.39 is 0 Å². The summed E-state index contributed by atoms with van der Waals surface area (Å²) in [4.78, 5) is 26.3. The lowest BCUT2D eigenvalue weighted by molar-refractivity contribution is -0.123. The summed E-state index contributed by atoms with van der Waals surface area (Å²) in [6, 6.07) is 15.0. The second kappa shape index (κ2) is 8.59. The number of thioether (sulfide) groups is 1. The number of rotatable bonds is 6. The minimum Gasteiger partial charge on any atom is -0.493 e. The molecule has 2 aromatic rings. The lowest BCUT2D eigenvalue weighted by Gasteiger charge is -2.14. The SMILES string of the molecule is COc1ccccc1OCCN1C(=O)S/C(=C\c2ccc(I)cc2)C1=O. The zero-order valence-electron chi connectivity index (χ0n) is 14.0. The highest BCUT2D eigenvalue weighted by atomic mass is 127. The van der Waals surface area contributed by atoms with Gasteiger partial charge in [0, 0.05) is 3.57 Å². The van der Waals surface area contributed by atoms with Crippen LogP contribution in [0.5, 0.6) is 11.5 Å². The molecule has 5 nitrogen and oxygen atoms in total. The van der Waals surface area contributed by atoms with Crippen LogP contribution in [0.25, 0.3) is 6.08 Å². The molecule has 0 bridgehead atoms. The first-order chi connectivity index (χ1) is 12.6. The number of para-hydroxylation sites is 2. The molecule has 1 saturated heterocycles. The summed E-state index contributed by atoms with van der Waals surface area (Å²) in [6.07, 6.45) is 1.74. The fourth-order valence-corrected chi connectivity index (χ4v) is 3.61. The number of carbonyl (C=O) groups is 2. The van der Waals surface area contributed by atoms with Crippen LogP contribution in [0.2, 0.25) is 0 Å². The molecule has 1 fully saturated rings. The minimum atomic E-state index is -0.290. The minimum absolute atomic E-state index is 0.187. The molecule has 2 aromatic carbocycles. The van der Waals surface area contributed by atoms with Crippen LogP contribution in [0.15, 0.2) is 53.4 Å².